The lowest BCUT2D eigenvalue weighted by atomic mass is 10.1. The number of carbonyl (C=O) groups excluding carboxylic acids is 1. The number of aromatic nitrogens is 3. The fourth-order valence-corrected chi connectivity index (χ4v) is 2.39. The van der Waals surface area contributed by atoms with Crippen molar-refractivity contribution in [1.82, 2.24) is 14.8 Å². The predicted octanol–water partition coefficient (Wildman–Crippen LogP) is 2.86. The molecule has 0 amide bonds. The second-order valence-corrected chi connectivity index (χ2v) is 5.42. The Balaban J connectivity index is 1.99. The molecule has 0 atom stereocenters. The van der Waals surface area contributed by atoms with E-state index >= 15 is 0 Å². The Labute approximate surface area is 133 Å². The number of anilines is 1. The SMILES string of the molecule is CCOC(=O)c1cnn(CC)c1-c1ncc(NC2CC2)cc1F. The van der Waals surface area contributed by atoms with E-state index in [9.17, 15) is 9.18 Å². The van der Waals surface area contributed by atoms with Gasteiger partial charge >= 0.3 is 5.97 Å². The van der Waals surface area contributed by atoms with Gasteiger partial charge in [0, 0.05) is 18.7 Å². The van der Waals surface area contributed by atoms with Crippen LogP contribution < -0.4 is 5.32 Å². The highest BCUT2D eigenvalue weighted by atomic mass is 19.1. The summed E-state index contributed by atoms with van der Waals surface area (Å²) in [4.78, 5) is 16.3. The first-order valence-electron chi connectivity index (χ1n) is 7.79. The molecule has 2 aromatic heterocycles. The summed E-state index contributed by atoms with van der Waals surface area (Å²) in [5.74, 6) is -1.01. The maximum absolute atomic E-state index is 14.5. The second-order valence-electron chi connectivity index (χ2n) is 5.42. The van der Waals surface area contributed by atoms with Crippen LogP contribution in [0.5, 0.6) is 0 Å². The quantitative estimate of drug-likeness (QED) is 0.829. The first-order valence-corrected chi connectivity index (χ1v) is 7.79. The van der Waals surface area contributed by atoms with Gasteiger partial charge in [0.1, 0.15) is 17.0 Å². The topological polar surface area (TPSA) is 69.0 Å². The summed E-state index contributed by atoms with van der Waals surface area (Å²) in [5.41, 5.74) is 1.33. The smallest absolute Gasteiger partial charge is 0.342 e. The van der Waals surface area contributed by atoms with Crippen LogP contribution in [0.1, 0.15) is 37.0 Å². The van der Waals surface area contributed by atoms with Crippen LogP contribution in [0.25, 0.3) is 11.4 Å². The Bertz CT molecular complexity index is 725. The van der Waals surface area contributed by atoms with E-state index < -0.39 is 11.8 Å². The molecule has 0 spiro atoms. The zero-order valence-corrected chi connectivity index (χ0v) is 13.2. The van der Waals surface area contributed by atoms with Gasteiger partial charge in [-0.1, -0.05) is 0 Å². The van der Waals surface area contributed by atoms with Gasteiger partial charge in [-0.25, -0.2) is 14.2 Å². The lowest BCUT2D eigenvalue weighted by Crippen LogP contribution is -2.09. The van der Waals surface area contributed by atoms with Crippen LogP contribution in [0.2, 0.25) is 0 Å². The summed E-state index contributed by atoms with van der Waals surface area (Å²) in [5, 5.41) is 7.33. The summed E-state index contributed by atoms with van der Waals surface area (Å²) in [7, 11) is 0. The molecule has 0 aromatic carbocycles. The molecule has 6 nitrogen and oxygen atoms in total. The number of carbonyl (C=O) groups is 1. The molecule has 1 fully saturated rings. The fourth-order valence-electron chi connectivity index (χ4n) is 2.39. The number of hydrogen-bond acceptors (Lipinski definition) is 5. The van der Waals surface area contributed by atoms with Crippen molar-refractivity contribution in [1.29, 1.82) is 0 Å². The molecule has 122 valence electrons. The van der Waals surface area contributed by atoms with Gasteiger partial charge in [0.05, 0.1) is 24.7 Å². The van der Waals surface area contributed by atoms with Crippen molar-refractivity contribution in [3.8, 4) is 11.4 Å². The molecule has 3 rings (SSSR count). The minimum atomic E-state index is -0.524. The Morgan fingerprint density at radius 2 is 2.22 bits per heavy atom. The highest BCUT2D eigenvalue weighted by molar-refractivity contribution is 5.95. The molecule has 0 aliphatic heterocycles. The summed E-state index contributed by atoms with van der Waals surface area (Å²) in [6.07, 6.45) is 5.17. The Kier molecular flexibility index (Phi) is 4.27. The van der Waals surface area contributed by atoms with Crippen molar-refractivity contribution in [2.75, 3.05) is 11.9 Å². The molecular formula is C16H19FN4O2. The van der Waals surface area contributed by atoms with Gasteiger partial charge in [0.15, 0.2) is 5.82 Å². The van der Waals surface area contributed by atoms with E-state index in [0.29, 0.717) is 24.0 Å². The number of rotatable bonds is 6. The Morgan fingerprint density at radius 1 is 1.43 bits per heavy atom. The number of hydrogen-bond donors (Lipinski definition) is 1. The van der Waals surface area contributed by atoms with Gasteiger partial charge in [0.2, 0.25) is 0 Å². The first kappa shape index (κ1) is 15.5. The van der Waals surface area contributed by atoms with E-state index in [1.807, 2.05) is 6.92 Å². The molecule has 0 unspecified atom stereocenters. The third-order valence-electron chi connectivity index (χ3n) is 3.65. The lowest BCUT2D eigenvalue weighted by Gasteiger charge is -2.10. The molecule has 2 heterocycles. The van der Waals surface area contributed by atoms with Gasteiger partial charge in [-0.3, -0.25) is 4.68 Å². The van der Waals surface area contributed by atoms with Crippen LogP contribution in [0, 0.1) is 5.82 Å². The zero-order valence-electron chi connectivity index (χ0n) is 13.2. The normalized spacial score (nSPS) is 13.9. The minimum absolute atomic E-state index is 0.105. The molecule has 23 heavy (non-hydrogen) atoms. The fraction of sp³-hybridized carbons (Fsp3) is 0.438. The molecular weight excluding hydrogens is 299 g/mol. The third kappa shape index (κ3) is 3.18. The molecule has 1 aliphatic rings. The largest absolute Gasteiger partial charge is 0.462 e. The van der Waals surface area contributed by atoms with E-state index in [4.69, 9.17) is 4.74 Å². The van der Waals surface area contributed by atoms with E-state index in [2.05, 4.69) is 15.4 Å². The van der Waals surface area contributed by atoms with Crippen LogP contribution in [0.15, 0.2) is 18.5 Å². The monoisotopic (exact) mass is 318 g/mol. The standard InChI is InChI=1S/C16H19FN4O2/c1-3-21-15(12(9-19-21)16(22)23-4-2)14-13(17)7-11(8-18-14)20-10-5-6-10/h7-10,20H,3-6H2,1-2H3. The molecule has 0 radical (unpaired) electrons. The molecule has 0 saturated heterocycles. The van der Waals surface area contributed by atoms with Gasteiger partial charge in [0.25, 0.3) is 0 Å². The first-order chi connectivity index (χ1) is 11.1. The minimum Gasteiger partial charge on any atom is -0.462 e. The summed E-state index contributed by atoms with van der Waals surface area (Å²) < 4.78 is 21.1. The summed E-state index contributed by atoms with van der Waals surface area (Å²) in [6, 6.07) is 1.82. The van der Waals surface area contributed by atoms with Crippen molar-refractivity contribution in [3.05, 3.63) is 29.8 Å². The number of ether oxygens (including phenoxy) is 1. The number of aryl methyl sites for hydroxylation is 1. The van der Waals surface area contributed by atoms with Crippen LogP contribution in [0.4, 0.5) is 10.1 Å². The molecule has 1 N–H and O–H groups in total. The summed E-state index contributed by atoms with van der Waals surface area (Å²) >= 11 is 0. The van der Waals surface area contributed by atoms with Crippen LogP contribution in [-0.4, -0.2) is 33.4 Å². The molecule has 1 saturated carbocycles. The highest BCUT2D eigenvalue weighted by Crippen LogP contribution is 2.29. The van der Waals surface area contributed by atoms with Crippen LogP contribution in [-0.2, 0) is 11.3 Å². The van der Waals surface area contributed by atoms with Crippen LogP contribution in [0.3, 0.4) is 0 Å². The van der Waals surface area contributed by atoms with E-state index in [1.165, 1.54) is 12.3 Å². The average Bonchev–Trinajstić information content (AvgIpc) is 3.24. The second kappa shape index (κ2) is 6.36. The molecule has 0 bridgehead atoms. The third-order valence-corrected chi connectivity index (χ3v) is 3.65. The predicted molar refractivity (Wildman–Crippen MR) is 83.7 cm³/mol. The van der Waals surface area contributed by atoms with Gasteiger partial charge in [-0.2, -0.15) is 5.10 Å². The summed E-state index contributed by atoms with van der Waals surface area (Å²) in [6.45, 7) is 4.33. The molecule has 7 heteroatoms. The van der Waals surface area contributed by atoms with Gasteiger partial charge < -0.3 is 10.1 Å². The number of esters is 1. The number of nitrogens with one attached hydrogen (secondary N) is 1. The average molecular weight is 318 g/mol. The highest BCUT2D eigenvalue weighted by Gasteiger charge is 2.25. The molecule has 2 aromatic rings. The van der Waals surface area contributed by atoms with Crippen LogP contribution >= 0.6 is 0 Å². The van der Waals surface area contributed by atoms with Crippen molar-refractivity contribution >= 4 is 11.7 Å². The van der Waals surface area contributed by atoms with Crippen molar-refractivity contribution in [2.24, 2.45) is 0 Å². The number of pyridine rings is 1. The lowest BCUT2D eigenvalue weighted by molar-refractivity contribution is 0.0527. The Morgan fingerprint density at radius 3 is 2.83 bits per heavy atom. The zero-order chi connectivity index (χ0) is 16.4. The van der Waals surface area contributed by atoms with E-state index in [0.717, 1.165) is 12.8 Å². The van der Waals surface area contributed by atoms with Crippen molar-refractivity contribution < 1.29 is 13.9 Å². The number of halogens is 1. The van der Waals surface area contributed by atoms with E-state index in [1.54, 1.807) is 17.8 Å². The molecule has 1 aliphatic carbocycles. The maximum Gasteiger partial charge on any atom is 0.342 e. The van der Waals surface area contributed by atoms with Gasteiger partial charge in [-0.15, -0.1) is 0 Å². The maximum atomic E-state index is 14.5. The van der Waals surface area contributed by atoms with Crippen molar-refractivity contribution in [3.63, 3.8) is 0 Å². The Hall–Kier alpha value is -2.44. The number of nitrogens with zero attached hydrogens (tertiary/aromatic N) is 3. The van der Waals surface area contributed by atoms with Crippen molar-refractivity contribution in [2.45, 2.75) is 39.3 Å². The van der Waals surface area contributed by atoms with Gasteiger partial charge in [-0.05, 0) is 26.7 Å². The van der Waals surface area contributed by atoms with E-state index in [-0.39, 0.29) is 17.9 Å².